The molecule has 20 heavy (non-hydrogen) atoms. The van der Waals surface area contributed by atoms with Crippen LogP contribution in [0.15, 0.2) is 17.4 Å². The monoisotopic (exact) mass is 283 g/mol. The van der Waals surface area contributed by atoms with Gasteiger partial charge in [-0.05, 0) is 6.42 Å². The number of pyridine rings is 1. The molecule has 0 unspecified atom stereocenters. The van der Waals surface area contributed by atoms with E-state index in [4.69, 9.17) is 16.0 Å². The van der Waals surface area contributed by atoms with Gasteiger partial charge in [-0.1, -0.05) is 12.1 Å². The molecule has 1 aromatic rings. The Bertz CT molecular complexity index is 500. The largest absolute Gasteiger partial charge is 0.409 e. The Morgan fingerprint density at radius 3 is 2.80 bits per heavy atom. The number of anilines is 1. The Hall–Kier alpha value is -2.42. The Kier molecular flexibility index (Phi) is 5.66. The number of oxime groups is 1. The van der Waals surface area contributed by atoms with Crippen molar-refractivity contribution >= 4 is 17.3 Å². The fourth-order valence-corrected chi connectivity index (χ4v) is 1.74. The number of aliphatic hydroxyl groups is 1. The highest BCUT2D eigenvalue weighted by Gasteiger charge is 2.22. The van der Waals surface area contributed by atoms with Crippen LogP contribution in [0.1, 0.15) is 18.9 Å². The molecule has 0 atom stereocenters. The lowest BCUT2D eigenvalue weighted by Crippen LogP contribution is -2.29. The molecule has 0 spiro atoms. The molecule has 1 rings (SSSR count). The van der Waals surface area contributed by atoms with Crippen LogP contribution in [0, 0.1) is 10.1 Å². The topological polar surface area (TPSA) is 138 Å². The predicted octanol–water partition coefficient (Wildman–Crippen LogP) is 0.293. The lowest BCUT2D eigenvalue weighted by molar-refractivity contribution is -0.384. The van der Waals surface area contributed by atoms with Gasteiger partial charge in [-0.15, -0.1) is 0 Å². The van der Waals surface area contributed by atoms with Gasteiger partial charge in [0.05, 0.1) is 11.5 Å². The third-order valence-corrected chi connectivity index (χ3v) is 2.61. The highest BCUT2D eigenvalue weighted by molar-refractivity contribution is 5.97. The van der Waals surface area contributed by atoms with Crippen LogP contribution < -0.4 is 10.6 Å². The Labute approximate surface area is 115 Å². The number of aromatic nitrogens is 1. The smallest absolute Gasteiger partial charge is 0.312 e. The molecule has 0 bridgehead atoms. The number of nitrogens with zero attached hydrogens (tertiary/aromatic N) is 4. The van der Waals surface area contributed by atoms with Crippen LogP contribution in [0.3, 0.4) is 0 Å². The summed E-state index contributed by atoms with van der Waals surface area (Å²) in [4.78, 5) is 16.2. The van der Waals surface area contributed by atoms with Crippen LogP contribution >= 0.6 is 0 Å². The molecule has 0 amide bonds. The van der Waals surface area contributed by atoms with Crippen LogP contribution in [0.4, 0.5) is 11.5 Å². The van der Waals surface area contributed by atoms with Crippen molar-refractivity contribution < 1.29 is 15.2 Å². The SMILES string of the molecule is CCCN(CCO)c1ncc(C(N)=NO)cc1[N+](=O)[O-]. The van der Waals surface area contributed by atoms with Crippen LogP contribution in [0.25, 0.3) is 0 Å². The summed E-state index contributed by atoms with van der Waals surface area (Å²) in [5.41, 5.74) is 5.29. The quantitative estimate of drug-likeness (QED) is 0.215. The van der Waals surface area contributed by atoms with Crippen LogP contribution in [0.2, 0.25) is 0 Å². The number of amidine groups is 1. The minimum atomic E-state index is -0.587. The van der Waals surface area contributed by atoms with Gasteiger partial charge < -0.3 is 20.9 Å². The average molecular weight is 283 g/mol. The second-order valence-corrected chi connectivity index (χ2v) is 4.02. The van der Waals surface area contributed by atoms with Gasteiger partial charge in [0.15, 0.2) is 5.84 Å². The molecule has 1 aromatic heterocycles. The summed E-state index contributed by atoms with van der Waals surface area (Å²) < 4.78 is 0. The van der Waals surface area contributed by atoms with E-state index in [2.05, 4.69) is 10.1 Å². The van der Waals surface area contributed by atoms with E-state index in [0.29, 0.717) is 6.54 Å². The maximum Gasteiger partial charge on any atom is 0.312 e. The summed E-state index contributed by atoms with van der Waals surface area (Å²) in [6.07, 6.45) is 2.04. The molecular weight excluding hydrogens is 266 g/mol. The highest BCUT2D eigenvalue weighted by atomic mass is 16.6. The van der Waals surface area contributed by atoms with Crippen LogP contribution in [-0.2, 0) is 0 Å². The van der Waals surface area contributed by atoms with Crippen LogP contribution in [-0.4, -0.2) is 45.8 Å². The Morgan fingerprint density at radius 1 is 1.60 bits per heavy atom. The van der Waals surface area contributed by atoms with Crippen molar-refractivity contribution in [1.82, 2.24) is 4.98 Å². The minimum Gasteiger partial charge on any atom is -0.409 e. The first-order valence-corrected chi connectivity index (χ1v) is 6.03. The second-order valence-electron chi connectivity index (χ2n) is 4.02. The van der Waals surface area contributed by atoms with Crippen molar-refractivity contribution in [1.29, 1.82) is 0 Å². The van der Waals surface area contributed by atoms with Crippen molar-refractivity contribution in [2.24, 2.45) is 10.9 Å². The molecular formula is C11H17N5O4. The normalized spacial score (nSPS) is 11.4. The Morgan fingerprint density at radius 2 is 2.30 bits per heavy atom. The number of nitrogens with two attached hydrogens (primary N) is 1. The van der Waals surface area contributed by atoms with E-state index in [1.54, 1.807) is 4.90 Å². The lowest BCUT2D eigenvalue weighted by Gasteiger charge is -2.21. The van der Waals surface area contributed by atoms with E-state index in [9.17, 15) is 10.1 Å². The summed E-state index contributed by atoms with van der Waals surface area (Å²) in [5.74, 6) is -0.100. The first-order valence-electron chi connectivity index (χ1n) is 6.03. The van der Waals surface area contributed by atoms with Gasteiger partial charge in [0, 0.05) is 30.9 Å². The zero-order valence-electron chi connectivity index (χ0n) is 11.1. The number of nitro groups is 1. The summed E-state index contributed by atoms with van der Waals surface area (Å²) in [5, 5.41) is 31.5. The molecule has 0 fully saturated rings. The maximum absolute atomic E-state index is 11.1. The van der Waals surface area contributed by atoms with E-state index in [-0.39, 0.29) is 36.1 Å². The van der Waals surface area contributed by atoms with Gasteiger partial charge in [-0.2, -0.15) is 0 Å². The Balaban J connectivity index is 3.27. The molecule has 0 saturated carbocycles. The third kappa shape index (κ3) is 3.54. The van der Waals surface area contributed by atoms with Gasteiger partial charge in [0.1, 0.15) is 0 Å². The summed E-state index contributed by atoms with van der Waals surface area (Å²) in [7, 11) is 0. The maximum atomic E-state index is 11.1. The minimum absolute atomic E-state index is 0.138. The number of hydrogen-bond donors (Lipinski definition) is 3. The van der Waals surface area contributed by atoms with Crippen molar-refractivity contribution in [3.8, 4) is 0 Å². The fourth-order valence-electron chi connectivity index (χ4n) is 1.74. The predicted molar refractivity (Wildman–Crippen MR) is 73.0 cm³/mol. The average Bonchev–Trinajstić information content (AvgIpc) is 2.45. The fraction of sp³-hybridized carbons (Fsp3) is 0.455. The first kappa shape index (κ1) is 15.6. The summed E-state index contributed by atoms with van der Waals surface area (Å²) in [6.45, 7) is 2.55. The molecule has 9 nitrogen and oxygen atoms in total. The van der Waals surface area contributed by atoms with Gasteiger partial charge in [0.2, 0.25) is 5.82 Å². The first-order chi connectivity index (χ1) is 9.54. The third-order valence-electron chi connectivity index (χ3n) is 2.61. The van der Waals surface area contributed by atoms with Crippen LogP contribution in [0.5, 0.6) is 0 Å². The van der Waals surface area contributed by atoms with E-state index < -0.39 is 4.92 Å². The van der Waals surface area contributed by atoms with Gasteiger partial charge in [-0.25, -0.2) is 4.98 Å². The van der Waals surface area contributed by atoms with Crippen molar-refractivity contribution in [3.05, 3.63) is 27.9 Å². The van der Waals surface area contributed by atoms with E-state index in [0.717, 1.165) is 6.42 Å². The number of hydrogen-bond acceptors (Lipinski definition) is 7. The molecule has 110 valence electrons. The van der Waals surface area contributed by atoms with Gasteiger partial charge >= 0.3 is 5.69 Å². The molecule has 0 radical (unpaired) electrons. The van der Waals surface area contributed by atoms with E-state index in [1.807, 2.05) is 6.92 Å². The highest BCUT2D eigenvalue weighted by Crippen LogP contribution is 2.26. The second kappa shape index (κ2) is 7.24. The zero-order chi connectivity index (χ0) is 15.1. The molecule has 0 aliphatic rings. The molecule has 1 heterocycles. The van der Waals surface area contributed by atoms with Gasteiger partial charge in [0.25, 0.3) is 0 Å². The standard InChI is InChI=1S/C11H17N5O4/c1-2-3-15(4-5-17)11-9(16(19)20)6-8(7-13-11)10(12)14-18/h6-7,17-18H,2-5H2,1H3,(H2,12,14). The zero-order valence-corrected chi connectivity index (χ0v) is 11.1. The molecule has 0 aromatic carbocycles. The van der Waals surface area contributed by atoms with Crippen molar-refractivity contribution in [2.45, 2.75) is 13.3 Å². The van der Waals surface area contributed by atoms with Crippen molar-refractivity contribution in [3.63, 3.8) is 0 Å². The number of rotatable bonds is 7. The van der Waals surface area contributed by atoms with E-state index in [1.165, 1.54) is 12.3 Å². The number of aliphatic hydroxyl groups excluding tert-OH is 1. The molecule has 0 saturated heterocycles. The van der Waals surface area contributed by atoms with Crippen molar-refractivity contribution in [2.75, 3.05) is 24.6 Å². The molecule has 9 heteroatoms. The van der Waals surface area contributed by atoms with Gasteiger partial charge in [-0.3, -0.25) is 10.1 Å². The lowest BCUT2D eigenvalue weighted by atomic mass is 10.2. The van der Waals surface area contributed by atoms with E-state index >= 15 is 0 Å². The molecule has 0 aliphatic heterocycles. The summed E-state index contributed by atoms with van der Waals surface area (Å²) in [6, 6.07) is 1.19. The summed E-state index contributed by atoms with van der Waals surface area (Å²) >= 11 is 0. The molecule has 4 N–H and O–H groups in total. The molecule has 0 aliphatic carbocycles.